The fraction of sp³-hybridized carbons (Fsp3) is 0.0714. The van der Waals surface area contributed by atoms with E-state index < -0.39 is 0 Å². The lowest BCUT2D eigenvalue weighted by molar-refractivity contribution is 0.373. The van der Waals surface area contributed by atoms with E-state index in [9.17, 15) is 5.11 Å². The normalized spacial score (nSPS) is 10.8. The Labute approximate surface area is 114 Å². The Balaban J connectivity index is 2.35. The molecular weight excluding hydrogens is 294 g/mol. The highest BCUT2D eigenvalue weighted by Gasteiger charge is 2.07. The van der Waals surface area contributed by atoms with Crippen molar-refractivity contribution >= 4 is 27.8 Å². The van der Waals surface area contributed by atoms with Crippen LogP contribution in [0.5, 0.6) is 11.5 Å². The number of aliphatic imine (C=N–C) groups is 1. The van der Waals surface area contributed by atoms with Crippen molar-refractivity contribution in [2.75, 3.05) is 7.11 Å². The summed E-state index contributed by atoms with van der Waals surface area (Å²) in [6.45, 7) is 0. The van der Waals surface area contributed by atoms with Crippen LogP contribution >= 0.6 is 15.9 Å². The maximum absolute atomic E-state index is 9.95. The molecule has 0 aliphatic heterocycles. The molecule has 0 bridgehead atoms. The first-order chi connectivity index (χ1) is 8.70. The third-order valence-corrected chi connectivity index (χ3v) is 2.86. The molecule has 3 nitrogen and oxygen atoms in total. The zero-order valence-corrected chi connectivity index (χ0v) is 11.4. The molecule has 0 aliphatic rings. The highest BCUT2D eigenvalue weighted by Crippen LogP contribution is 2.32. The van der Waals surface area contributed by atoms with Gasteiger partial charge in [-0.15, -0.1) is 0 Å². The van der Waals surface area contributed by atoms with Crippen LogP contribution in [0.25, 0.3) is 0 Å². The second-order valence-electron chi connectivity index (χ2n) is 3.64. The van der Waals surface area contributed by atoms with E-state index in [1.165, 1.54) is 7.11 Å². The molecule has 2 rings (SSSR count). The first-order valence-electron chi connectivity index (χ1n) is 5.36. The summed E-state index contributed by atoms with van der Waals surface area (Å²) >= 11 is 3.36. The summed E-state index contributed by atoms with van der Waals surface area (Å²) in [7, 11) is 1.51. The number of aromatic hydroxyl groups is 1. The Kier molecular flexibility index (Phi) is 3.99. The summed E-state index contributed by atoms with van der Waals surface area (Å²) in [5, 5.41) is 9.95. The number of hydrogen-bond donors (Lipinski definition) is 1. The molecule has 2 aromatic carbocycles. The summed E-state index contributed by atoms with van der Waals surface area (Å²) in [5.74, 6) is 0.499. The zero-order valence-electron chi connectivity index (χ0n) is 9.80. The van der Waals surface area contributed by atoms with E-state index in [1.807, 2.05) is 30.3 Å². The number of ether oxygens (including phenoxy) is 1. The van der Waals surface area contributed by atoms with Crippen LogP contribution in [0, 0.1) is 0 Å². The quantitative estimate of drug-likeness (QED) is 0.873. The summed E-state index contributed by atoms with van der Waals surface area (Å²) in [5.41, 5.74) is 1.43. The first kappa shape index (κ1) is 12.6. The standard InChI is InChI=1S/C14H12BrNO2/c1-18-13-8-11(15)7-10(14(13)17)9-16-12-5-3-2-4-6-12/h2-9,17H,1H3. The summed E-state index contributed by atoms with van der Waals surface area (Å²) < 4.78 is 5.90. The number of para-hydroxylation sites is 1. The molecule has 0 saturated carbocycles. The van der Waals surface area contributed by atoms with Crippen LogP contribution in [0.2, 0.25) is 0 Å². The Hall–Kier alpha value is -1.81. The van der Waals surface area contributed by atoms with Gasteiger partial charge in [0.15, 0.2) is 11.5 Å². The molecule has 0 aromatic heterocycles. The Morgan fingerprint density at radius 2 is 1.94 bits per heavy atom. The van der Waals surface area contributed by atoms with Crippen molar-refractivity contribution in [2.45, 2.75) is 0 Å². The average molecular weight is 306 g/mol. The predicted octanol–water partition coefficient (Wildman–Crippen LogP) is 3.91. The molecule has 0 saturated heterocycles. The Bertz CT molecular complexity index is 568. The third kappa shape index (κ3) is 2.90. The summed E-state index contributed by atoms with van der Waals surface area (Å²) in [6.07, 6.45) is 1.61. The minimum Gasteiger partial charge on any atom is -0.504 e. The number of rotatable bonds is 3. The monoisotopic (exact) mass is 305 g/mol. The third-order valence-electron chi connectivity index (χ3n) is 2.40. The van der Waals surface area contributed by atoms with E-state index in [0.29, 0.717) is 11.3 Å². The van der Waals surface area contributed by atoms with Crippen LogP contribution in [0.15, 0.2) is 51.9 Å². The number of phenols is 1. The maximum atomic E-state index is 9.95. The van der Waals surface area contributed by atoms with Gasteiger partial charge in [-0.05, 0) is 24.3 Å². The van der Waals surface area contributed by atoms with Crippen LogP contribution in [0.3, 0.4) is 0 Å². The van der Waals surface area contributed by atoms with Crippen molar-refractivity contribution < 1.29 is 9.84 Å². The summed E-state index contributed by atoms with van der Waals surface area (Å²) in [4.78, 5) is 4.29. The fourth-order valence-corrected chi connectivity index (χ4v) is 1.96. The molecule has 92 valence electrons. The van der Waals surface area contributed by atoms with Crippen LogP contribution < -0.4 is 4.74 Å². The van der Waals surface area contributed by atoms with Gasteiger partial charge in [-0.25, -0.2) is 0 Å². The number of benzene rings is 2. The highest BCUT2D eigenvalue weighted by molar-refractivity contribution is 9.10. The number of phenolic OH excluding ortho intramolecular Hbond substituents is 1. The van der Waals surface area contributed by atoms with Gasteiger partial charge in [0, 0.05) is 16.3 Å². The minimum atomic E-state index is 0.0837. The van der Waals surface area contributed by atoms with Crippen molar-refractivity contribution in [3.8, 4) is 11.5 Å². The first-order valence-corrected chi connectivity index (χ1v) is 6.15. The molecule has 2 aromatic rings. The Morgan fingerprint density at radius 1 is 1.22 bits per heavy atom. The Morgan fingerprint density at radius 3 is 2.61 bits per heavy atom. The molecule has 0 aliphatic carbocycles. The van der Waals surface area contributed by atoms with Gasteiger partial charge in [0.1, 0.15) is 0 Å². The highest BCUT2D eigenvalue weighted by atomic mass is 79.9. The average Bonchev–Trinajstić information content (AvgIpc) is 2.40. The molecule has 0 radical (unpaired) electrons. The molecule has 4 heteroatoms. The second kappa shape index (κ2) is 5.69. The smallest absolute Gasteiger partial charge is 0.166 e. The number of methoxy groups -OCH3 is 1. The molecule has 0 fully saturated rings. The zero-order chi connectivity index (χ0) is 13.0. The molecule has 1 N–H and O–H groups in total. The molecule has 0 spiro atoms. The van der Waals surface area contributed by atoms with Crippen molar-refractivity contribution in [3.05, 3.63) is 52.5 Å². The van der Waals surface area contributed by atoms with Crippen molar-refractivity contribution in [1.82, 2.24) is 0 Å². The van der Waals surface area contributed by atoms with Gasteiger partial charge in [0.25, 0.3) is 0 Å². The minimum absolute atomic E-state index is 0.0837. The van der Waals surface area contributed by atoms with Gasteiger partial charge < -0.3 is 9.84 Å². The molecule has 18 heavy (non-hydrogen) atoms. The van der Waals surface area contributed by atoms with Crippen molar-refractivity contribution in [3.63, 3.8) is 0 Å². The predicted molar refractivity (Wildman–Crippen MR) is 76.1 cm³/mol. The largest absolute Gasteiger partial charge is 0.504 e. The SMILES string of the molecule is COc1cc(Br)cc(C=Nc2ccccc2)c1O. The molecule has 0 atom stereocenters. The van der Waals surface area contributed by atoms with E-state index in [-0.39, 0.29) is 5.75 Å². The van der Waals surface area contributed by atoms with Crippen LogP contribution in [0.1, 0.15) is 5.56 Å². The molecular formula is C14H12BrNO2. The number of nitrogens with zero attached hydrogens (tertiary/aromatic N) is 1. The van der Waals surface area contributed by atoms with Crippen LogP contribution in [-0.4, -0.2) is 18.4 Å². The van der Waals surface area contributed by atoms with Crippen molar-refractivity contribution in [2.24, 2.45) is 4.99 Å². The van der Waals surface area contributed by atoms with Gasteiger partial charge in [0.2, 0.25) is 0 Å². The maximum Gasteiger partial charge on any atom is 0.166 e. The van der Waals surface area contributed by atoms with Gasteiger partial charge in [0.05, 0.1) is 12.8 Å². The van der Waals surface area contributed by atoms with E-state index in [2.05, 4.69) is 20.9 Å². The van der Waals surface area contributed by atoms with Crippen LogP contribution in [0.4, 0.5) is 5.69 Å². The lowest BCUT2D eigenvalue weighted by Gasteiger charge is -2.06. The van der Waals surface area contributed by atoms with Gasteiger partial charge in [-0.2, -0.15) is 0 Å². The topological polar surface area (TPSA) is 41.8 Å². The number of halogens is 1. The van der Waals surface area contributed by atoms with E-state index >= 15 is 0 Å². The van der Waals surface area contributed by atoms with E-state index in [4.69, 9.17) is 4.74 Å². The van der Waals surface area contributed by atoms with Gasteiger partial charge >= 0.3 is 0 Å². The molecule has 0 unspecified atom stereocenters. The second-order valence-corrected chi connectivity index (χ2v) is 4.56. The lowest BCUT2D eigenvalue weighted by Crippen LogP contribution is -1.89. The van der Waals surface area contributed by atoms with Gasteiger partial charge in [-0.1, -0.05) is 34.1 Å². The van der Waals surface area contributed by atoms with E-state index in [0.717, 1.165) is 10.2 Å². The number of hydrogen-bond acceptors (Lipinski definition) is 3. The van der Waals surface area contributed by atoms with Gasteiger partial charge in [-0.3, -0.25) is 4.99 Å². The lowest BCUT2D eigenvalue weighted by atomic mass is 10.2. The molecule has 0 amide bonds. The van der Waals surface area contributed by atoms with Crippen molar-refractivity contribution in [1.29, 1.82) is 0 Å². The van der Waals surface area contributed by atoms with E-state index in [1.54, 1.807) is 18.3 Å². The molecule has 0 heterocycles. The van der Waals surface area contributed by atoms with Crippen LogP contribution in [-0.2, 0) is 0 Å². The fourth-order valence-electron chi connectivity index (χ4n) is 1.51. The summed E-state index contributed by atoms with van der Waals surface area (Å²) in [6, 6.07) is 13.0.